The van der Waals surface area contributed by atoms with Gasteiger partial charge in [0, 0.05) is 11.6 Å². The standard InChI is InChI=1S/C31H28F4N6O8/c1-17(2)49-30(47)38-22-14-36-28(18-8-10-19(32)11-9-18)40(29(22)46)15-25(43)37-21(12-27(44)45)23(42)16-48-26-13-24(31(33,34)35)39-41(26)20-6-4-3-5-7-20/h3-11,13-14,17,21H,12,15-16H2,1-2H3,(H,37,43)(H,38,47)(H,44,45)/t21-/m0/s1. The fourth-order valence-electron chi connectivity index (χ4n) is 4.32. The lowest BCUT2D eigenvalue weighted by Gasteiger charge is -2.18. The summed E-state index contributed by atoms with van der Waals surface area (Å²) in [5, 5.41) is 17.3. The molecule has 0 unspecified atom stereocenters. The number of Topliss-reactive ketones (excluding diaryl/α,β-unsaturated/α-hetero) is 1. The minimum absolute atomic E-state index is 0.151. The van der Waals surface area contributed by atoms with E-state index in [0.717, 1.165) is 27.6 Å². The van der Waals surface area contributed by atoms with Gasteiger partial charge in [-0.25, -0.2) is 18.9 Å². The Morgan fingerprint density at radius 1 is 1.02 bits per heavy atom. The lowest BCUT2D eigenvalue weighted by atomic mass is 10.1. The molecule has 0 fully saturated rings. The molecule has 2 heterocycles. The van der Waals surface area contributed by atoms with E-state index in [4.69, 9.17) is 9.47 Å². The molecule has 49 heavy (non-hydrogen) atoms. The highest BCUT2D eigenvalue weighted by atomic mass is 19.4. The molecule has 2 aromatic carbocycles. The zero-order valence-corrected chi connectivity index (χ0v) is 25.7. The number of carboxylic acids is 1. The Balaban J connectivity index is 1.58. The van der Waals surface area contributed by atoms with Gasteiger partial charge in [0.05, 0.1) is 24.4 Å². The van der Waals surface area contributed by atoms with Crippen molar-refractivity contribution in [3.8, 4) is 23.0 Å². The van der Waals surface area contributed by atoms with E-state index in [9.17, 15) is 46.6 Å². The first-order valence-electron chi connectivity index (χ1n) is 14.3. The van der Waals surface area contributed by atoms with Crippen LogP contribution < -0.4 is 20.9 Å². The summed E-state index contributed by atoms with van der Waals surface area (Å²) >= 11 is 0. The first kappa shape index (κ1) is 35.8. The summed E-state index contributed by atoms with van der Waals surface area (Å²) in [7, 11) is 0. The van der Waals surface area contributed by atoms with Gasteiger partial charge in [0.1, 0.15) is 29.9 Å². The van der Waals surface area contributed by atoms with Crippen molar-refractivity contribution < 1.29 is 51.3 Å². The molecule has 0 spiro atoms. The molecule has 258 valence electrons. The number of ketones is 1. The van der Waals surface area contributed by atoms with Gasteiger partial charge >= 0.3 is 18.2 Å². The smallest absolute Gasteiger partial charge is 0.435 e. The summed E-state index contributed by atoms with van der Waals surface area (Å²) in [6.45, 7) is 1.28. The van der Waals surface area contributed by atoms with Crippen LogP contribution in [0.4, 0.5) is 28.0 Å². The molecule has 2 aromatic heterocycles. The van der Waals surface area contributed by atoms with Crippen molar-refractivity contribution in [1.82, 2.24) is 24.6 Å². The Morgan fingerprint density at radius 3 is 2.31 bits per heavy atom. The predicted octanol–water partition coefficient (Wildman–Crippen LogP) is 3.82. The van der Waals surface area contributed by atoms with Crippen molar-refractivity contribution in [2.75, 3.05) is 11.9 Å². The summed E-state index contributed by atoms with van der Waals surface area (Å²) in [6, 6.07) is 11.0. The normalized spacial score (nSPS) is 11.9. The molecule has 0 aliphatic carbocycles. The van der Waals surface area contributed by atoms with Crippen molar-refractivity contribution in [2.45, 2.75) is 45.1 Å². The lowest BCUT2D eigenvalue weighted by molar-refractivity contribution is -0.141. The van der Waals surface area contributed by atoms with Crippen molar-refractivity contribution >= 4 is 29.4 Å². The van der Waals surface area contributed by atoms with E-state index in [1.165, 1.54) is 36.4 Å². The average molecular weight is 689 g/mol. The fourth-order valence-corrected chi connectivity index (χ4v) is 4.32. The summed E-state index contributed by atoms with van der Waals surface area (Å²) in [4.78, 5) is 67.6. The molecule has 0 saturated carbocycles. The minimum Gasteiger partial charge on any atom is -0.481 e. The molecule has 4 rings (SSSR count). The zero-order valence-electron chi connectivity index (χ0n) is 25.7. The highest BCUT2D eigenvalue weighted by Crippen LogP contribution is 2.32. The van der Waals surface area contributed by atoms with E-state index < -0.39 is 90.3 Å². The number of amides is 2. The molecule has 3 N–H and O–H groups in total. The second-order valence-electron chi connectivity index (χ2n) is 10.6. The number of nitrogens with one attached hydrogen (secondary N) is 2. The van der Waals surface area contributed by atoms with Gasteiger partial charge in [-0.1, -0.05) is 18.2 Å². The Hall–Kier alpha value is -6.07. The number of carbonyl (C=O) groups excluding carboxylic acids is 3. The fraction of sp³-hybridized carbons (Fsp3) is 0.258. The van der Waals surface area contributed by atoms with Crippen LogP contribution >= 0.6 is 0 Å². The van der Waals surface area contributed by atoms with E-state index in [1.54, 1.807) is 19.9 Å². The van der Waals surface area contributed by atoms with Gasteiger partial charge < -0.3 is 19.9 Å². The number of aromatic nitrogens is 4. The first-order chi connectivity index (χ1) is 23.1. The number of ether oxygens (including phenoxy) is 2. The number of benzene rings is 2. The number of hydrogen-bond donors (Lipinski definition) is 3. The molecule has 1 atom stereocenters. The number of rotatable bonds is 13. The van der Waals surface area contributed by atoms with Gasteiger partial charge in [-0.2, -0.15) is 18.3 Å². The van der Waals surface area contributed by atoms with Crippen molar-refractivity contribution in [3.05, 3.63) is 88.7 Å². The second kappa shape index (κ2) is 15.2. The van der Waals surface area contributed by atoms with E-state index >= 15 is 0 Å². The molecular weight excluding hydrogens is 660 g/mol. The van der Waals surface area contributed by atoms with Gasteiger partial charge in [0.2, 0.25) is 11.8 Å². The van der Waals surface area contributed by atoms with Crippen LogP contribution in [0, 0.1) is 5.82 Å². The molecule has 0 bridgehead atoms. The maximum atomic E-state index is 13.6. The summed E-state index contributed by atoms with van der Waals surface area (Å²) in [5.41, 5.74) is -2.32. The Morgan fingerprint density at radius 2 is 1.69 bits per heavy atom. The van der Waals surface area contributed by atoms with E-state index in [2.05, 4.69) is 20.7 Å². The predicted molar refractivity (Wildman–Crippen MR) is 162 cm³/mol. The van der Waals surface area contributed by atoms with Crippen LogP contribution in [0.1, 0.15) is 26.0 Å². The molecule has 2 amide bonds. The molecule has 18 heteroatoms. The summed E-state index contributed by atoms with van der Waals surface area (Å²) in [6.07, 6.45) is -6.36. The molecule has 4 aromatic rings. The zero-order chi connectivity index (χ0) is 35.9. The van der Waals surface area contributed by atoms with Crippen LogP contribution in [0.25, 0.3) is 17.1 Å². The van der Waals surface area contributed by atoms with Gasteiger partial charge in [-0.05, 0) is 50.2 Å². The number of carbonyl (C=O) groups is 4. The first-order valence-corrected chi connectivity index (χ1v) is 14.3. The van der Waals surface area contributed by atoms with Crippen molar-refractivity contribution in [2.24, 2.45) is 0 Å². The molecule has 0 aliphatic heterocycles. The molecule has 0 radical (unpaired) electrons. The number of hydrogen-bond acceptors (Lipinski definition) is 9. The number of para-hydroxylation sites is 1. The largest absolute Gasteiger partial charge is 0.481 e. The monoisotopic (exact) mass is 688 g/mol. The number of halogens is 4. The number of nitrogens with zero attached hydrogens (tertiary/aromatic N) is 4. The van der Waals surface area contributed by atoms with E-state index in [0.29, 0.717) is 6.07 Å². The third-order valence-electron chi connectivity index (χ3n) is 6.46. The van der Waals surface area contributed by atoms with E-state index in [1.807, 2.05) is 0 Å². The van der Waals surface area contributed by atoms with Gasteiger partial charge in [-0.15, -0.1) is 0 Å². The van der Waals surface area contributed by atoms with Crippen LogP contribution in [0.3, 0.4) is 0 Å². The SMILES string of the molecule is CC(C)OC(=O)Nc1cnc(-c2ccc(F)cc2)n(CC(=O)N[C@@H](CC(=O)O)C(=O)COc2cc(C(F)(F)F)nn2-c2ccccc2)c1=O. The highest BCUT2D eigenvalue weighted by Gasteiger charge is 2.36. The Kier molecular flexibility index (Phi) is 11.1. The van der Waals surface area contributed by atoms with Crippen LogP contribution in [0.5, 0.6) is 5.88 Å². The topological polar surface area (TPSA) is 184 Å². The highest BCUT2D eigenvalue weighted by molar-refractivity contribution is 5.93. The van der Waals surface area contributed by atoms with Crippen molar-refractivity contribution in [1.29, 1.82) is 0 Å². The number of aliphatic carboxylic acids is 1. The van der Waals surface area contributed by atoms with Crippen LogP contribution in [-0.4, -0.2) is 66.9 Å². The van der Waals surface area contributed by atoms with Crippen LogP contribution in [0.15, 0.2) is 71.7 Å². The quantitative estimate of drug-likeness (QED) is 0.175. The maximum Gasteiger partial charge on any atom is 0.435 e. The minimum atomic E-state index is -4.86. The maximum absolute atomic E-state index is 13.6. The third kappa shape index (κ3) is 9.49. The summed E-state index contributed by atoms with van der Waals surface area (Å²) < 4.78 is 65.8. The molecule has 0 aliphatic rings. The van der Waals surface area contributed by atoms with Gasteiger partial charge in [-0.3, -0.25) is 29.1 Å². The van der Waals surface area contributed by atoms with Gasteiger partial charge in [0.25, 0.3) is 5.56 Å². The number of anilines is 1. The number of alkyl halides is 3. The second-order valence-corrected chi connectivity index (χ2v) is 10.6. The lowest BCUT2D eigenvalue weighted by Crippen LogP contribution is -2.46. The van der Waals surface area contributed by atoms with E-state index in [-0.39, 0.29) is 17.1 Å². The summed E-state index contributed by atoms with van der Waals surface area (Å²) in [5.74, 6) is -4.88. The van der Waals surface area contributed by atoms with Crippen LogP contribution in [-0.2, 0) is 31.8 Å². The van der Waals surface area contributed by atoms with Crippen LogP contribution in [0.2, 0.25) is 0 Å². The van der Waals surface area contributed by atoms with Gasteiger partial charge in [0.15, 0.2) is 18.1 Å². The Bertz CT molecular complexity index is 1890. The molecule has 14 nitrogen and oxygen atoms in total. The average Bonchev–Trinajstić information content (AvgIpc) is 3.47. The number of carboxylic acid groups (broad SMARTS) is 1. The van der Waals surface area contributed by atoms with Crippen molar-refractivity contribution in [3.63, 3.8) is 0 Å². The molecular formula is C31H28F4N6O8. The Labute approximate surface area is 274 Å². The third-order valence-corrected chi connectivity index (χ3v) is 6.46. The molecule has 0 saturated heterocycles.